The molecule has 0 atom stereocenters. The van der Waals surface area contributed by atoms with Crippen LogP contribution < -0.4 is 11.1 Å². The number of nitrogens with two attached hydrogens (primary N) is 1. The van der Waals surface area contributed by atoms with Crippen LogP contribution in [0.1, 0.15) is 24.5 Å². The second kappa shape index (κ2) is 7.25. The maximum atomic E-state index is 11.3. The molecule has 0 saturated heterocycles. The van der Waals surface area contributed by atoms with Crippen molar-refractivity contribution in [3.63, 3.8) is 0 Å². The van der Waals surface area contributed by atoms with E-state index in [-0.39, 0.29) is 18.3 Å². The minimum atomic E-state index is -0.0246. The van der Waals surface area contributed by atoms with Gasteiger partial charge in [-0.3, -0.25) is 4.79 Å². The summed E-state index contributed by atoms with van der Waals surface area (Å²) >= 11 is 0. The van der Waals surface area contributed by atoms with Crippen molar-refractivity contribution in [1.82, 2.24) is 0 Å². The minimum absolute atomic E-state index is 0. The van der Waals surface area contributed by atoms with Crippen LogP contribution in [0, 0.1) is 6.92 Å². The fourth-order valence-electron chi connectivity index (χ4n) is 1.48. The zero-order valence-corrected chi connectivity index (χ0v) is 10.6. The van der Waals surface area contributed by atoms with E-state index in [1.54, 1.807) is 0 Å². The summed E-state index contributed by atoms with van der Waals surface area (Å²) in [4.78, 5) is 11.3. The van der Waals surface area contributed by atoms with Crippen molar-refractivity contribution < 1.29 is 4.79 Å². The fourth-order valence-corrected chi connectivity index (χ4v) is 1.48. The van der Waals surface area contributed by atoms with Gasteiger partial charge in [0.1, 0.15) is 0 Å². The van der Waals surface area contributed by atoms with Gasteiger partial charge < -0.3 is 11.1 Å². The van der Waals surface area contributed by atoms with Crippen LogP contribution in [0.4, 0.5) is 5.69 Å². The highest BCUT2D eigenvalue weighted by Crippen LogP contribution is 2.15. The molecule has 90 valence electrons. The van der Waals surface area contributed by atoms with E-state index in [0.29, 0.717) is 13.0 Å². The van der Waals surface area contributed by atoms with Gasteiger partial charge in [0.05, 0.1) is 0 Å². The predicted octanol–water partition coefficient (Wildman–Crippen LogP) is 2.27. The van der Waals surface area contributed by atoms with Gasteiger partial charge in [-0.15, -0.1) is 12.4 Å². The number of benzene rings is 1. The molecule has 3 N–H and O–H groups in total. The Morgan fingerprint density at radius 1 is 1.44 bits per heavy atom. The Morgan fingerprint density at radius 3 is 2.69 bits per heavy atom. The summed E-state index contributed by atoms with van der Waals surface area (Å²) in [7, 11) is 0. The molecule has 0 aliphatic rings. The number of rotatable bonds is 4. The molecule has 0 radical (unpaired) electrons. The van der Waals surface area contributed by atoms with Crippen LogP contribution in [-0.2, 0) is 11.2 Å². The maximum Gasteiger partial charge on any atom is 0.225 e. The quantitative estimate of drug-likeness (QED) is 0.851. The molecule has 0 spiro atoms. The van der Waals surface area contributed by atoms with Crippen molar-refractivity contribution in [2.24, 2.45) is 5.73 Å². The summed E-state index contributed by atoms with van der Waals surface area (Å²) in [6.07, 6.45) is 1.35. The lowest BCUT2D eigenvalue weighted by Crippen LogP contribution is -2.16. The Kier molecular flexibility index (Phi) is 6.77. The number of nitrogens with one attached hydrogen (secondary N) is 1. The number of hydrogen-bond donors (Lipinski definition) is 2. The zero-order chi connectivity index (χ0) is 11.3. The molecular weight excluding hydrogens is 224 g/mol. The van der Waals surface area contributed by atoms with E-state index in [2.05, 4.69) is 19.2 Å². The molecule has 0 aliphatic heterocycles. The molecule has 4 heteroatoms. The van der Waals surface area contributed by atoms with E-state index in [1.165, 1.54) is 11.1 Å². The zero-order valence-electron chi connectivity index (χ0n) is 9.75. The average molecular weight is 243 g/mol. The molecule has 0 bridgehead atoms. The van der Waals surface area contributed by atoms with E-state index in [9.17, 15) is 4.79 Å². The molecular formula is C12H19ClN2O. The monoisotopic (exact) mass is 242 g/mol. The van der Waals surface area contributed by atoms with E-state index in [4.69, 9.17) is 5.73 Å². The highest BCUT2D eigenvalue weighted by Gasteiger charge is 2.02. The van der Waals surface area contributed by atoms with Crippen molar-refractivity contribution >= 4 is 24.0 Å². The predicted molar refractivity (Wildman–Crippen MR) is 70.1 cm³/mol. The minimum Gasteiger partial charge on any atom is -0.330 e. The third kappa shape index (κ3) is 4.21. The molecule has 0 saturated carbocycles. The topological polar surface area (TPSA) is 55.1 Å². The number of halogens is 1. The summed E-state index contributed by atoms with van der Waals surface area (Å²) in [6, 6.07) is 5.96. The van der Waals surface area contributed by atoms with Crippen LogP contribution in [0.15, 0.2) is 18.2 Å². The highest BCUT2D eigenvalue weighted by molar-refractivity contribution is 5.90. The number of carbonyl (C=O) groups excluding carboxylic acids is 1. The summed E-state index contributed by atoms with van der Waals surface area (Å²) in [5.41, 5.74) is 8.68. The second-order valence-corrected chi connectivity index (χ2v) is 3.58. The molecule has 0 unspecified atom stereocenters. The largest absolute Gasteiger partial charge is 0.330 e. The summed E-state index contributed by atoms with van der Waals surface area (Å²) in [6.45, 7) is 4.57. The van der Waals surface area contributed by atoms with Gasteiger partial charge in [0.15, 0.2) is 0 Å². The summed E-state index contributed by atoms with van der Waals surface area (Å²) in [5, 5.41) is 2.83. The summed E-state index contributed by atoms with van der Waals surface area (Å²) < 4.78 is 0. The van der Waals surface area contributed by atoms with Crippen molar-refractivity contribution in [2.45, 2.75) is 26.7 Å². The van der Waals surface area contributed by atoms with E-state index >= 15 is 0 Å². The van der Waals surface area contributed by atoms with Gasteiger partial charge in [-0.05, 0) is 36.6 Å². The van der Waals surface area contributed by atoms with Gasteiger partial charge in [0.25, 0.3) is 0 Å². The first-order chi connectivity index (χ1) is 7.17. The molecule has 1 amide bonds. The van der Waals surface area contributed by atoms with E-state index in [1.807, 2.05) is 18.2 Å². The van der Waals surface area contributed by atoms with Crippen LogP contribution in [0.5, 0.6) is 0 Å². The van der Waals surface area contributed by atoms with Crippen molar-refractivity contribution in [3.8, 4) is 0 Å². The van der Waals surface area contributed by atoms with Crippen LogP contribution in [0.3, 0.4) is 0 Å². The Labute approximate surface area is 103 Å². The third-order valence-corrected chi connectivity index (χ3v) is 2.39. The fraction of sp³-hybridized carbons (Fsp3) is 0.417. The molecule has 0 heterocycles. The van der Waals surface area contributed by atoms with Gasteiger partial charge >= 0.3 is 0 Å². The Bertz CT molecular complexity index is 353. The highest BCUT2D eigenvalue weighted by atomic mass is 35.5. The van der Waals surface area contributed by atoms with Crippen LogP contribution in [0.25, 0.3) is 0 Å². The lowest BCUT2D eigenvalue weighted by Gasteiger charge is -2.08. The molecule has 0 fully saturated rings. The van der Waals surface area contributed by atoms with Crippen LogP contribution in [-0.4, -0.2) is 12.5 Å². The molecule has 1 aromatic rings. The van der Waals surface area contributed by atoms with Crippen molar-refractivity contribution in [2.75, 3.05) is 11.9 Å². The number of aryl methyl sites for hydroxylation is 2. The van der Waals surface area contributed by atoms with Gasteiger partial charge in [-0.1, -0.05) is 13.0 Å². The Morgan fingerprint density at radius 2 is 2.12 bits per heavy atom. The Hall–Kier alpha value is -1.06. The summed E-state index contributed by atoms with van der Waals surface area (Å²) in [5.74, 6) is -0.0246. The number of carbonyl (C=O) groups is 1. The second-order valence-electron chi connectivity index (χ2n) is 3.58. The number of amides is 1. The normalized spacial score (nSPS) is 9.44. The standard InChI is InChI=1S/C12H18N2O.ClH/c1-3-10-8-11(5-4-9(10)2)14-12(15)6-7-13;/h4-5,8H,3,6-7,13H2,1-2H3,(H,14,15);1H. The first-order valence-electron chi connectivity index (χ1n) is 5.26. The van der Waals surface area contributed by atoms with Gasteiger partial charge in [-0.25, -0.2) is 0 Å². The van der Waals surface area contributed by atoms with Crippen LogP contribution in [0.2, 0.25) is 0 Å². The first-order valence-corrected chi connectivity index (χ1v) is 5.26. The van der Waals surface area contributed by atoms with Crippen LogP contribution >= 0.6 is 12.4 Å². The molecule has 3 nitrogen and oxygen atoms in total. The third-order valence-electron chi connectivity index (χ3n) is 2.39. The SMILES string of the molecule is CCc1cc(NC(=O)CCN)ccc1C.Cl. The van der Waals surface area contributed by atoms with Gasteiger partial charge in [0.2, 0.25) is 5.91 Å². The molecule has 0 aromatic heterocycles. The first kappa shape index (κ1) is 14.9. The van der Waals surface area contributed by atoms with Crippen molar-refractivity contribution in [1.29, 1.82) is 0 Å². The maximum absolute atomic E-state index is 11.3. The van der Waals surface area contributed by atoms with E-state index < -0.39 is 0 Å². The number of hydrogen-bond acceptors (Lipinski definition) is 2. The van der Waals surface area contributed by atoms with Crippen molar-refractivity contribution in [3.05, 3.63) is 29.3 Å². The molecule has 16 heavy (non-hydrogen) atoms. The molecule has 1 aromatic carbocycles. The Balaban J connectivity index is 0.00000225. The molecule has 1 rings (SSSR count). The lowest BCUT2D eigenvalue weighted by atomic mass is 10.1. The lowest BCUT2D eigenvalue weighted by molar-refractivity contribution is -0.116. The average Bonchev–Trinajstić information content (AvgIpc) is 2.21. The number of anilines is 1. The van der Waals surface area contributed by atoms with Gasteiger partial charge in [0, 0.05) is 18.7 Å². The molecule has 0 aliphatic carbocycles. The smallest absolute Gasteiger partial charge is 0.225 e. The van der Waals surface area contributed by atoms with E-state index in [0.717, 1.165) is 12.1 Å². The van der Waals surface area contributed by atoms with Gasteiger partial charge in [-0.2, -0.15) is 0 Å².